The molecule has 11 heteroatoms. The van der Waals surface area contributed by atoms with Crippen molar-refractivity contribution < 1.29 is 13.5 Å². The van der Waals surface area contributed by atoms with Crippen LogP contribution in [0.1, 0.15) is 38.2 Å². The number of aliphatic hydroxyl groups is 1. The van der Waals surface area contributed by atoms with E-state index >= 15 is 0 Å². The monoisotopic (exact) mass is 597 g/mol. The number of hydrogen-bond donors (Lipinski definition) is 3. The normalized spacial score (nSPS) is 17.1. The maximum atomic E-state index is 13.8. The summed E-state index contributed by atoms with van der Waals surface area (Å²) in [4.78, 5) is 14.3. The first-order valence-corrected chi connectivity index (χ1v) is 16.0. The van der Waals surface area contributed by atoms with E-state index in [2.05, 4.69) is 15.6 Å². The van der Waals surface area contributed by atoms with Crippen LogP contribution >= 0.6 is 0 Å². The van der Waals surface area contributed by atoms with Gasteiger partial charge in [-0.1, -0.05) is 48.5 Å². The van der Waals surface area contributed by atoms with Crippen LogP contribution in [0.3, 0.4) is 0 Å². The molecule has 5 aromatic rings. The second-order valence-electron chi connectivity index (χ2n) is 10.7. The van der Waals surface area contributed by atoms with Gasteiger partial charge in [0.1, 0.15) is 0 Å². The van der Waals surface area contributed by atoms with Crippen molar-refractivity contribution >= 4 is 44.3 Å². The van der Waals surface area contributed by atoms with Gasteiger partial charge in [0.15, 0.2) is 17.0 Å². The van der Waals surface area contributed by atoms with Gasteiger partial charge in [0.05, 0.1) is 29.6 Å². The lowest BCUT2D eigenvalue weighted by Gasteiger charge is -2.26. The molecule has 0 spiro atoms. The number of hydrogen-bond acceptors (Lipinski definition) is 8. The molecule has 0 bridgehead atoms. The molecular weight excluding hydrogens is 562 g/mol. The number of aromatic nitrogens is 4. The standard InChI is InChI=1S/C32H35N7O3S/c1-2-38-22-33-29-30(36-32(37-31(29)38)35-25-15-19-27(40)20-16-25)34-24-13-17-26(18-14-24)39(21-23-9-5-3-6-10-23)43(41,42)28-11-7-4-8-12-28/h3-14,17-18,22,25,27,40H,2,15-16,19-21H2,1H3,(H2,34,35,36,37). The van der Waals surface area contributed by atoms with Gasteiger partial charge < -0.3 is 20.3 Å². The Morgan fingerprint density at radius 1 is 0.907 bits per heavy atom. The molecule has 0 unspecified atom stereocenters. The Morgan fingerprint density at radius 2 is 1.58 bits per heavy atom. The van der Waals surface area contributed by atoms with Gasteiger partial charge in [0.25, 0.3) is 10.0 Å². The van der Waals surface area contributed by atoms with E-state index in [1.165, 1.54) is 4.31 Å². The van der Waals surface area contributed by atoms with Gasteiger partial charge in [0, 0.05) is 18.3 Å². The molecule has 1 fully saturated rings. The number of benzene rings is 3. The highest BCUT2D eigenvalue weighted by Gasteiger charge is 2.25. The lowest BCUT2D eigenvalue weighted by atomic mass is 9.93. The average molecular weight is 598 g/mol. The van der Waals surface area contributed by atoms with Crippen molar-refractivity contribution in [2.75, 3.05) is 14.9 Å². The summed E-state index contributed by atoms with van der Waals surface area (Å²) in [6.07, 6.45) is 4.73. The third-order valence-electron chi connectivity index (χ3n) is 7.75. The first-order valence-electron chi connectivity index (χ1n) is 14.6. The summed E-state index contributed by atoms with van der Waals surface area (Å²) in [5.41, 5.74) is 3.53. The lowest BCUT2D eigenvalue weighted by molar-refractivity contribution is 0.126. The summed E-state index contributed by atoms with van der Waals surface area (Å²) in [6, 6.07) is 25.5. The van der Waals surface area contributed by atoms with Crippen LogP contribution in [0.15, 0.2) is 96.2 Å². The summed E-state index contributed by atoms with van der Waals surface area (Å²) in [7, 11) is -3.82. The largest absolute Gasteiger partial charge is 0.393 e. The molecule has 0 radical (unpaired) electrons. The van der Waals surface area contributed by atoms with Crippen LogP contribution < -0.4 is 14.9 Å². The van der Waals surface area contributed by atoms with E-state index in [-0.39, 0.29) is 23.6 Å². The fourth-order valence-corrected chi connectivity index (χ4v) is 6.84. The highest BCUT2D eigenvalue weighted by Crippen LogP contribution is 2.30. The van der Waals surface area contributed by atoms with Crippen LogP contribution in [0.25, 0.3) is 11.2 Å². The van der Waals surface area contributed by atoms with Gasteiger partial charge >= 0.3 is 0 Å². The van der Waals surface area contributed by atoms with Gasteiger partial charge in [-0.25, -0.2) is 13.4 Å². The number of nitrogens with zero attached hydrogens (tertiary/aromatic N) is 5. The lowest BCUT2D eigenvalue weighted by Crippen LogP contribution is -2.30. The van der Waals surface area contributed by atoms with Crippen molar-refractivity contribution in [2.24, 2.45) is 0 Å². The van der Waals surface area contributed by atoms with E-state index in [1.54, 1.807) is 48.8 Å². The van der Waals surface area contributed by atoms with Crippen LogP contribution in [0.4, 0.5) is 23.1 Å². The zero-order valence-corrected chi connectivity index (χ0v) is 24.8. The molecule has 222 valence electrons. The summed E-state index contributed by atoms with van der Waals surface area (Å²) < 4.78 is 30.9. The smallest absolute Gasteiger partial charge is 0.264 e. The minimum absolute atomic E-state index is 0.188. The van der Waals surface area contributed by atoms with Crippen molar-refractivity contribution in [3.8, 4) is 0 Å². The third-order valence-corrected chi connectivity index (χ3v) is 9.54. The number of rotatable bonds is 10. The van der Waals surface area contributed by atoms with E-state index in [9.17, 15) is 13.5 Å². The van der Waals surface area contributed by atoms with Crippen molar-refractivity contribution in [1.29, 1.82) is 0 Å². The van der Waals surface area contributed by atoms with E-state index in [0.29, 0.717) is 29.5 Å². The molecule has 1 aliphatic carbocycles. The van der Waals surface area contributed by atoms with Crippen molar-refractivity contribution in [1.82, 2.24) is 19.5 Å². The minimum atomic E-state index is -3.82. The van der Waals surface area contributed by atoms with Gasteiger partial charge in [0.2, 0.25) is 5.95 Å². The van der Waals surface area contributed by atoms with Crippen LogP contribution in [-0.2, 0) is 23.1 Å². The summed E-state index contributed by atoms with van der Waals surface area (Å²) in [5.74, 6) is 1.06. The SMILES string of the molecule is CCn1cnc2c(Nc3ccc(N(Cc4ccccc4)S(=O)(=O)c4ccccc4)cc3)nc(NC3CCC(O)CC3)nc21. The number of anilines is 4. The third kappa shape index (κ3) is 6.32. The summed E-state index contributed by atoms with van der Waals surface area (Å²) >= 11 is 0. The first-order chi connectivity index (χ1) is 20.9. The Labute approximate surface area is 251 Å². The molecule has 3 N–H and O–H groups in total. The van der Waals surface area contributed by atoms with E-state index < -0.39 is 10.0 Å². The Balaban J connectivity index is 1.30. The molecule has 0 saturated heterocycles. The fraction of sp³-hybridized carbons (Fsp3) is 0.281. The number of nitrogens with one attached hydrogen (secondary N) is 2. The van der Waals surface area contributed by atoms with Crippen LogP contribution in [-0.4, -0.2) is 45.2 Å². The van der Waals surface area contributed by atoms with Gasteiger partial charge in [-0.3, -0.25) is 4.31 Å². The molecule has 2 heterocycles. The van der Waals surface area contributed by atoms with Crippen molar-refractivity contribution in [2.45, 2.75) is 62.7 Å². The number of aliphatic hydroxyl groups excluding tert-OH is 1. The van der Waals surface area contributed by atoms with E-state index in [4.69, 9.17) is 9.97 Å². The maximum absolute atomic E-state index is 13.8. The van der Waals surface area contributed by atoms with Crippen molar-refractivity contribution in [3.63, 3.8) is 0 Å². The molecule has 6 rings (SSSR count). The molecule has 3 aromatic carbocycles. The second-order valence-corrected chi connectivity index (χ2v) is 12.6. The average Bonchev–Trinajstić information content (AvgIpc) is 3.46. The molecule has 43 heavy (non-hydrogen) atoms. The molecule has 0 atom stereocenters. The Bertz CT molecular complexity index is 1770. The number of fused-ring (bicyclic) bond motifs is 1. The Morgan fingerprint density at radius 3 is 2.26 bits per heavy atom. The minimum Gasteiger partial charge on any atom is -0.393 e. The molecule has 1 aliphatic rings. The molecule has 10 nitrogen and oxygen atoms in total. The highest BCUT2D eigenvalue weighted by atomic mass is 32.2. The number of imidazole rings is 1. The topological polar surface area (TPSA) is 125 Å². The molecule has 0 aliphatic heterocycles. The zero-order chi connectivity index (χ0) is 29.8. The Kier molecular flexibility index (Phi) is 8.26. The zero-order valence-electron chi connectivity index (χ0n) is 24.0. The van der Waals surface area contributed by atoms with E-state index in [0.717, 1.165) is 42.6 Å². The fourth-order valence-electron chi connectivity index (χ4n) is 5.36. The van der Waals surface area contributed by atoms with Crippen LogP contribution in [0, 0.1) is 0 Å². The van der Waals surface area contributed by atoms with Crippen LogP contribution in [0.5, 0.6) is 0 Å². The first kappa shape index (κ1) is 28.6. The summed E-state index contributed by atoms with van der Waals surface area (Å²) in [5, 5.41) is 16.7. The summed E-state index contributed by atoms with van der Waals surface area (Å²) in [6.45, 7) is 2.94. The Hall–Kier alpha value is -4.48. The molecule has 0 amide bonds. The van der Waals surface area contributed by atoms with Gasteiger partial charge in [-0.2, -0.15) is 9.97 Å². The van der Waals surface area contributed by atoms with E-state index in [1.807, 2.05) is 54.0 Å². The van der Waals surface area contributed by atoms with Crippen molar-refractivity contribution in [3.05, 3.63) is 96.8 Å². The number of sulfonamides is 1. The quantitative estimate of drug-likeness (QED) is 0.187. The van der Waals surface area contributed by atoms with Crippen LogP contribution in [0.2, 0.25) is 0 Å². The molecular formula is C32H35N7O3S. The molecule has 1 saturated carbocycles. The molecule has 2 aromatic heterocycles. The predicted molar refractivity (Wildman–Crippen MR) is 169 cm³/mol. The second kappa shape index (κ2) is 12.4. The van der Waals surface area contributed by atoms with Gasteiger partial charge in [-0.05, 0) is 74.6 Å². The highest BCUT2D eigenvalue weighted by molar-refractivity contribution is 7.92. The maximum Gasteiger partial charge on any atom is 0.264 e. The number of aryl methyl sites for hydroxylation is 1. The van der Waals surface area contributed by atoms with Gasteiger partial charge in [-0.15, -0.1) is 0 Å². The predicted octanol–water partition coefficient (Wildman–Crippen LogP) is 5.70.